The van der Waals surface area contributed by atoms with Crippen molar-refractivity contribution in [1.29, 1.82) is 0 Å². The van der Waals surface area contributed by atoms with Crippen LogP contribution in [0.1, 0.15) is 29.9 Å². The Bertz CT molecular complexity index is 416. The highest BCUT2D eigenvalue weighted by Gasteiger charge is 2.42. The molecule has 2 aliphatic rings. The standard InChI is InChI=1S/C12H13Cl2N/c1-6-8-4-15-5-9(8)7-2-3-10(13)12(14)11(6)7/h2-3,6,8-9,15H,4-5H2,1H3/t6-,8+,9-/m1/s1. The molecule has 1 fully saturated rings. The Kier molecular flexibility index (Phi) is 2.24. The van der Waals surface area contributed by atoms with E-state index in [1.165, 1.54) is 11.1 Å². The van der Waals surface area contributed by atoms with E-state index in [4.69, 9.17) is 23.2 Å². The first-order chi connectivity index (χ1) is 7.20. The first-order valence-electron chi connectivity index (χ1n) is 5.38. The summed E-state index contributed by atoms with van der Waals surface area (Å²) in [5.74, 6) is 1.88. The van der Waals surface area contributed by atoms with E-state index in [1.807, 2.05) is 6.07 Å². The molecule has 1 aliphatic heterocycles. The van der Waals surface area contributed by atoms with Crippen LogP contribution in [-0.2, 0) is 0 Å². The lowest BCUT2D eigenvalue weighted by Gasteiger charge is -2.13. The largest absolute Gasteiger partial charge is 0.316 e. The molecule has 0 radical (unpaired) electrons. The molecular formula is C12H13Cl2N. The maximum Gasteiger partial charge on any atom is 0.0629 e. The van der Waals surface area contributed by atoms with Gasteiger partial charge in [-0.1, -0.05) is 36.2 Å². The van der Waals surface area contributed by atoms with Crippen molar-refractivity contribution in [1.82, 2.24) is 5.32 Å². The molecule has 1 N–H and O–H groups in total. The van der Waals surface area contributed by atoms with Crippen molar-refractivity contribution < 1.29 is 0 Å². The fourth-order valence-corrected chi connectivity index (χ4v) is 3.66. The smallest absolute Gasteiger partial charge is 0.0629 e. The van der Waals surface area contributed by atoms with Crippen LogP contribution in [0.25, 0.3) is 0 Å². The Morgan fingerprint density at radius 2 is 2.07 bits per heavy atom. The molecule has 0 amide bonds. The van der Waals surface area contributed by atoms with Crippen LogP contribution in [0.3, 0.4) is 0 Å². The van der Waals surface area contributed by atoms with E-state index in [2.05, 4.69) is 18.3 Å². The van der Waals surface area contributed by atoms with Gasteiger partial charge in [0.15, 0.2) is 0 Å². The lowest BCUT2D eigenvalue weighted by atomic mass is 9.91. The molecule has 1 aromatic carbocycles. The minimum absolute atomic E-state index is 0.534. The average molecular weight is 242 g/mol. The molecule has 1 nitrogen and oxygen atoms in total. The number of fused-ring (bicyclic) bond motifs is 3. The van der Waals surface area contributed by atoms with Crippen LogP contribution in [0, 0.1) is 5.92 Å². The van der Waals surface area contributed by atoms with E-state index in [9.17, 15) is 0 Å². The third-order valence-corrected chi connectivity index (χ3v) is 4.74. The lowest BCUT2D eigenvalue weighted by Crippen LogP contribution is -2.13. The van der Waals surface area contributed by atoms with Crippen molar-refractivity contribution in [3.8, 4) is 0 Å². The van der Waals surface area contributed by atoms with Crippen LogP contribution in [-0.4, -0.2) is 13.1 Å². The number of hydrogen-bond acceptors (Lipinski definition) is 1. The Morgan fingerprint density at radius 1 is 1.27 bits per heavy atom. The van der Waals surface area contributed by atoms with Gasteiger partial charge < -0.3 is 5.32 Å². The fourth-order valence-electron chi connectivity index (χ4n) is 3.15. The Labute approximate surface area is 99.8 Å². The second-order valence-electron chi connectivity index (χ2n) is 4.58. The van der Waals surface area contributed by atoms with Crippen molar-refractivity contribution in [2.75, 3.05) is 13.1 Å². The zero-order chi connectivity index (χ0) is 10.6. The maximum absolute atomic E-state index is 6.29. The third-order valence-electron chi connectivity index (χ3n) is 3.92. The Hall–Kier alpha value is -0.240. The second-order valence-corrected chi connectivity index (χ2v) is 5.37. The van der Waals surface area contributed by atoms with Gasteiger partial charge in [-0.25, -0.2) is 0 Å². The number of benzene rings is 1. The number of halogens is 2. The number of nitrogens with one attached hydrogen (secondary N) is 1. The Morgan fingerprint density at radius 3 is 2.87 bits per heavy atom. The molecule has 0 bridgehead atoms. The summed E-state index contributed by atoms with van der Waals surface area (Å²) in [5, 5.41) is 4.92. The van der Waals surface area contributed by atoms with Gasteiger partial charge in [-0.2, -0.15) is 0 Å². The quantitative estimate of drug-likeness (QED) is 0.735. The van der Waals surface area contributed by atoms with Crippen molar-refractivity contribution in [2.24, 2.45) is 5.92 Å². The van der Waals surface area contributed by atoms with Crippen LogP contribution in [0.2, 0.25) is 10.0 Å². The normalized spacial score (nSPS) is 32.9. The van der Waals surface area contributed by atoms with Gasteiger partial charge in [0.1, 0.15) is 0 Å². The van der Waals surface area contributed by atoms with Crippen LogP contribution in [0.4, 0.5) is 0 Å². The first kappa shape index (κ1) is 9.95. The van der Waals surface area contributed by atoms with E-state index < -0.39 is 0 Å². The van der Waals surface area contributed by atoms with Crippen molar-refractivity contribution >= 4 is 23.2 Å². The highest BCUT2D eigenvalue weighted by atomic mass is 35.5. The molecular weight excluding hydrogens is 229 g/mol. The van der Waals surface area contributed by atoms with Crippen molar-refractivity contribution in [3.05, 3.63) is 33.3 Å². The van der Waals surface area contributed by atoms with Gasteiger partial charge in [0.05, 0.1) is 10.0 Å². The Balaban J connectivity index is 2.19. The van der Waals surface area contributed by atoms with Crippen molar-refractivity contribution in [2.45, 2.75) is 18.8 Å². The molecule has 0 spiro atoms. The molecule has 0 unspecified atom stereocenters. The predicted molar refractivity (Wildman–Crippen MR) is 64.0 cm³/mol. The van der Waals surface area contributed by atoms with Gasteiger partial charge in [-0.05, 0) is 35.6 Å². The lowest BCUT2D eigenvalue weighted by molar-refractivity contribution is 0.487. The maximum atomic E-state index is 6.29. The SMILES string of the molecule is C[C@H]1c2c(ccc(Cl)c2Cl)[C@H]2CNC[C@H]21. The highest BCUT2D eigenvalue weighted by molar-refractivity contribution is 6.42. The first-order valence-corrected chi connectivity index (χ1v) is 6.14. The van der Waals surface area contributed by atoms with Gasteiger partial charge in [0.2, 0.25) is 0 Å². The van der Waals surface area contributed by atoms with Crippen LogP contribution in [0.5, 0.6) is 0 Å². The average Bonchev–Trinajstić information content (AvgIpc) is 2.76. The van der Waals surface area contributed by atoms with Gasteiger partial charge in [0, 0.05) is 12.5 Å². The molecule has 1 aromatic rings. The molecule has 0 aromatic heterocycles. The summed E-state index contributed by atoms with van der Waals surface area (Å²) < 4.78 is 0. The van der Waals surface area contributed by atoms with Crippen molar-refractivity contribution in [3.63, 3.8) is 0 Å². The van der Waals surface area contributed by atoms with Crippen LogP contribution in [0.15, 0.2) is 12.1 Å². The summed E-state index contributed by atoms with van der Waals surface area (Å²) in [6.07, 6.45) is 0. The van der Waals surface area contributed by atoms with Gasteiger partial charge >= 0.3 is 0 Å². The topological polar surface area (TPSA) is 12.0 Å². The van der Waals surface area contributed by atoms with Gasteiger partial charge in [-0.3, -0.25) is 0 Å². The molecule has 80 valence electrons. The summed E-state index contributed by atoms with van der Waals surface area (Å²) in [6.45, 7) is 4.45. The molecule has 3 atom stereocenters. The molecule has 1 aliphatic carbocycles. The monoisotopic (exact) mass is 241 g/mol. The molecule has 3 rings (SSSR count). The van der Waals surface area contributed by atoms with Gasteiger partial charge in [0.25, 0.3) is 0 Å². The summed E-state index contributed by atoms with van der Waals surface area (Å²) >= 11 is 12.4. The van der Waals surface area contributed by atoms with E-state index in [1.54, 1.807) is 0 Å². The molecule has 3 heteroatoms. The number of rotatable bonds is 0. The van der Waals surface area contributed by atoms with E-state index >= 15 is 0 Å². The third kappa shape index (κ3) is 1.27. The minimum atomic E-state index is 0.534. The summed E-state index contributed by atoms with van der Waals surface area (Å²) in [6, 6.07) is 4.08. The van der Waals surface area contributed by atoms with E-state index in [0.717, 1.165) is 18.1 Å². The van der Waals surface area contributed by atoms with E-state index in [0.29, 0.717) is 22.8 Å². The second kappa shape index (κ2) is 3.38. The molecule has 1 heterocycles. The van der Waals surface area contributed by atoms with Gasteiger partial charge in [-0.15, -0.1) is 0 Å². The van der Waals surface area contributed by atoms with E-state index in [-0.39, 0.29) is 0 Å². The summed E-state index contributed by atoms with van der Waals surface area (Å²) in [4.78, 5) is 0. The molecule has 1 saturated heterocycles. The minimum Gasteiger partial charge on any atom is -0.316 e. The summed E-state index contributed by atoms with van der Waals surface area (Å²) in [7, 11) is 0. The highest BCUT2D eigenvalue weighted by Crippen LogP contribution is 2.51. The molecule has 15 heavy (non-hydrogen) atoms. The zero-order valence-electron chi connectivity index (χ0n) is 8.56. The van der Waals surface area contributed by atoms with Crippen LogP contribution < -0.4 is 5.32 Å². The zero-order valence-corrected chi connectivity index (χ0v) is 10.1. The number of hydrogen-bond donors (Lipinski definition) is 1. The fraction of sp³-hybridized carbons (Fsp3) is 0.500. The molecule has 0 saturated carbocycles. The predicted octanol–water partition coefficient (Wildman–Crippen LogP) is 3.41. The summed E-state index contributed by atoms with van der Waals surface area (Å²) in [5.41, 5.74) is 2.70. The van der Waals surface area contributed by atoms with Crippen LogP contribution >= 0.6 is 23.2 Å².